The van der Waals surface area contributed by atoms with E-state index >= 15 is 0 Å². The van der Waals surface area contributed by atoms with Gasteiger partial charge in [0.1, 0.15) is 12.6 Å². The maximum atomic E-state index is 10.8. The molecule has 0 saturated carbocycles. The van der Waals surface area contributed by atoms with Crippen LogP contribution in [-0.4, -0.2) is 25.9 Å². The minimum absolute atomic E-state index is 0.257. The molecule has 0 fully saturated rings. The van der Waals surface area contributed by atoms with Crippen molar-refractivity contribution in [1.82, 2.24) is 19.6 Å². The Kier molecular flexibility index (Phi) is 5.05. The molecule has 0 saturated heterocycles. The quantitative estimate of drug-likeness (QED) is 0.550. The summed E-state index contributed by atoms with van der Waals surface area (Å²) in [6, 6.07) is 5.38. The highest BCUT2D eigenvalue weighted by Gasteiger charge is 2.05. The Bertz CT molecular complexity index is 902. The Labute approximate surface area is 134 Å². The van der Waals surface area contributed by atoms with Gasteiger partial charge in [0.25, 0.3) is 0 Å². The zero-order chi connectivity index (χ0) is 16.8. The molecule has 2 N–H and O–H groups in total. The van der Waals surface area contributed by atoms with Crippen LogP contribution in [-0.2, 0) is 0 Å². The molecule has 0 spiro atoms. The van der Waals surface area contributed by atoms with Crippen LogP contribution in [0.2, 0.25) is 0 Å². The van der Waals surface area contributed by atoms with E-state index in [2.05, 4.69) is 26.9 Å². The van der Waals surface area contributed by atoms with Gasteiger partial charge >= 0.3 is 0 Å². The number of fused-ring (bicyclic) bond motifs is 1. The van der Waals surface area contributed by atoms with Crippen molar-refractivity contribution in [1.29, 1.82) is 0 Å². The number of hydrogen-bond acceptors (Lipinski definition) is 5. The Hall–Kier alpha value is -3.20. The smallest absolute Gasteiger partial charge is 0.224 e. The first kappa shape index (κ1) is 16.2. The van der Waals surface area contributed by atoms with Gasteiger partial charge in [-0.1, -0.05) is 37.8 Å². The number of nitrogens with two attached hydrogens (primary N) is 1. The van der Waals surface area contributed by atoms with E-state index in [4.69, 9.17) is 5.73 Å². The number of nitrogens with zero attached hydrogens (tertiary/aromatic N) is 4. The zero-order valence-electron chi connectivity index (χ0n) is 13.2. The average molecular weight is 307 g/mol. The lowest BCUT2D eigenvalue weighted by Crippen LogP contribution is -2.02. The molecule has 0 atom stereocenters. The number of carbonyl (C=O) groups is 1. The van der Waals surface area contributed by atoms with Crippen LogP contribution in [0.25, 0.3) is 5.65 Å². The molecule has 3 rings (SSSR count). The number of aryl methyl sites for hydroxylation is 1. The molecule has 0 amide bonds. The molecule has 0 aliphatic heterocycles. The number of aldehydes is 1. The van der Waals surface area contributed by atoms with Gasteiger partial charge in [-0.2, -0.15) is 9.61 Å². The largest absolute Gasteiger partial charge is 0.368 e. The van der Waals surface area contributed by atoms with Gasteiger partial charge in [-0.05, 0) is 18.6 Å². The lowest BCUT2D eigenvalue weighted by molar-refractivity contribution is 0.112. The lowest BCUT2D eigenvalue weighted by atomic mass is 10.1. The van der Waals surface area contributed by atoms with Crippen LogP contribution in [0.5, 0.6) is 0 Å². The lowest BCUT2D eigenvalue weighted by Gasteiger charge is -1.98. The van der Waals surface area contributed by atoms with Crippen molar-refractivity contribution >= 4 is 17.9 Å². The number of aromatic nitrogens is 4. The third kappa shape index (κ3) is 3.35. The maximum absolute atomic E-state index is 10.8. The van der Waals surface area contributed by atoms with Gasteiger partial charge in [-0.25, -0.2) is 9.97 Å². The highest BCUT2D eigenvalue weighted by atomic mass is 16.1. The van der Waals surface area contributed by atoms with E-state index in [0.29, 0.717) is 16.8 Å². The number of benzene rings is 1. The third-order valence-electron chi connectivity index (χ3n) is 3.06. The molecule has 1 aromatic carbocycles. The zero-order valence-corrected chi connectivity index (χ0v) is 13.2. The van der Waals surface area contributed by atoms with Crippen molar-refractivity contribution in [2.24, 2.45) is 0 Å². The summed E-state index contributed by atoms with van der Waals surface area (Å²) in [6.45, 7) is 5.94. The fourth-order valence-electron chi connectivity index (χ4n) is 1.90. The highest BCUT2D eigenvalue weighted by molar-refractivity contribution is 5.76. The molecule has 0 aliphatic carbocycles. The molecule has 6 nitrogen and oxygen atoms in total. The minimum Gasteiger partial charge on any atom is -0.368 e. The van der Waals surface area contributed by atoms with E-state index in [1.54, 1.807) is 18.3 Å². The molecule has 2 aromatic heterocycles. The summed E-state index contributed by atoms with van der Waals surface area (Å²) in [6.07, 6.45) is 3.76. The van der Waals surface area contributed by atoms with Crippen molar-refractivity contribution in [3.05, 3.63) is 53.0 Å². The van der Waals surface area contributed by atoms with E-state index in [-0.39, 0.29) is 5.95 Å². The number of carbonyl (C=O) groups excluding carboxylic acids is 1. The van der Waals surface area contributed by atoms with Crippen molar-refractivity contribution in [2.75, 3.05) is 5.73 Å². The predicted octanol–water partition coefficient (Wildman–Crippen LogP) is 2.25. The summed E-state index contributed by atoms with van der Waals surface area (Å²) in [5.41, 5.74) is 9.29. The molecule has 0 aliphatic rings. The molecule has 0 bridgehead atoms. The van der Waals surface area contributed by atoms with E-state index in [1.807, 2.05) is 26.8 Å². The third-order valence-corrected chi connectivity index (χ3v) is 3.06. The van der Waals surface area contributed by atoms with Crippen molar-refractivity contribution in [3.8, 4) is 11.8 Å². The fraction of sp³-hybridized carbons (Fsp3) is 0.176. The molecule has 0 radical (unpaired) electrons. The van der Waals surface area contributed by atoms with E-state index in [0.717, 1.165) is 17.4 Å². The monoisotopic (exact) mass is 307 g/mol. The summed E-state index contributed by atoms with van der Waals surface area (Å²) in [7, 11) is 0. The second-order valence-corrected chi connectivity index (χ2v) is 4.47. The molecule has 6 heteroatoms. The van der Waals surface area contributed by atoms with E-state index < -0.39 is 0 Å². The fourth-order valence-corrected chi connectivity index (χ4v) is 1.90. The van der Waals surface area contributed by atoms with Gasteiger partial charge in [0.2, 0.25) is 5.95 Å². The summed E-state index contributed by atoms with van der Waals surface area (Å²) in [5, 5.41) is 4.09. The Morgan fingerprint density at radius 2 is 1.91 bits per heavy atom. The van der Waals surface area contributed by atoms with Crippen molar-refractivity contribution in [3.63, 3.8) is 0 Å². The van der Waals surface area contributed by atoms with Crippen LogP contribution in [0.1, 0.15) is 40.9 Å². The Balaban J connectivity index is 0.000000924. The molecule has 23 heavy (non-hydrogen) atoms. The minimum atomic E-state index is 0.257. The van der Waals surface area contributed by atoms with Crippen LogP contribution < -0.4 is 5.73 Å². The average Bonchev–Trinajstić information content (AvgIpc) is 3.00. The topological polar surface area (TPSA) is 86.2 Å². The van der Waals surface area contributed by atoms with Gasteiger partial charge in [-0.3, -0.25) is 4.79 Å². The molecular weight excluding hydrogens is 290 g/mol. The first-order valence-electron chi connectivity index (χ1n) is 7.21. The summed E-state index contributed by atoms with van der Waals surface area (Å²) in [4.78, 5) is 18.8. The molecule has 116 valence electrons. The molecule has 2 heterocycles. The van der Waals surface area contributed by atoms with Crippen molar-refractivity contribution < 1.29 is 4.79 Å². The SMILES string of the molecule is CC.Cc1ccc(C=O)cc1C#Cc1cnn2c(N)ncnc12. The Morgan fingerprint density at radius 1 is 1.17 bits per heavy atom. The van der Waals surface area contributed by atoms with Crippen LogP contribution in [0.3, 0.4) is 0 Å². The first-order chi connectivity index (χ1) is 11.2. The number of anilines is 1. The van der Waals surface area contributed by atoms with Crippen molar-refractivity contribution in [2.45, 2.75) is 20.8 Å². The number of nitrogen functional groups attached to an aromatic ring is 1. The van der Waals surface area contributed by atoms with Gasteiger partial charge in [0.15, 0.2) is 5.65 Å². The van der Waals surface area contributed by atoms with Crippen LogP contribution in [0.15, 0.2) is 30.7 Å². The molecule has 0 unspecified atom stereocenters. The Morgan fingerprint density at radius 3 is 2.65 bits per heavy atom. The molecule has 3 aromatic rings. The first-order valence-corrected chi connectivity index (χ1v) is 7.21. The summed E-state index contributed by atoms with van der Waals surface area (Å²) in [5.74, 6) is 6.30. The normalized spacial score (nSPS) is 9.52. The maximum Gasteiger partial charge on any atom is 0.224 e. The van der Waals surface area contributed by atoms with Crippen LogP contribution in [0, 0.1) is 18.8 Å². The highest BCUT2D eigenvalue weighted by Crippen LogP contribution is 2.11. The summed E-state index contributed by atoms with van der Waals surface area (Å²) < 4.78 is 1.43. The predicted molar refractivity (Wildman–Crippen MR) is 89.1 cm³/mol. The van der Waals surface area contributed by atoms with E-state index in [1.165, 1.54) is 10.8 Å². The van der Waals surface area contributed by atoms with Gasteiger partial charge < -0.3 is 5.73 Å². The number of hydrogen-bond donors (Lipinski definition) is 1. The second-order valence-electron chi connectivity index (χ2n) is 4.47. The van der Waals surface area contributed by atoms with Gasteiger partial charge in [0.05, 0.1) is 11.8 Å². The van der Waals surface area contributed by atoms with Gasteiger partial charge in [0, 0.05) is 11.1 Å². The molecular formula is C17H17N5O. The standard InChI is InChI=1S/C15H11N5O.C2H6/c1-10-2-3-11(8-21)6-12(10)4-5-13-7-19-20-14(13)17-9-18-15(20)16;1-2/h2-3,6-9H,1H3,(H2,16,17,18);1-2H3. The summed E-state index contributed by atoms with van der Waals surface area (Å²) >= 11 is 0. The van der Waals surface area contributed by atoms with Crippen LogP contribution >= 0.6 is 0 Å². The van der Waals surface area contributed by atoms with Crippen LogP contribution in [0.4, 0.5) is 5.95 Å². The number of rotatable bonds is 1. The second kappa shape index (κ2) is 7.18. The van der Waals surface area contributed by atoms with Gasteiger partial charge in [-0.15, -0.1) is 0 Å². The van der Waals surface area contributed by atoms with E-state index in [9.17, 15) is 4.79 Å².